The van der Waals surface area contributed by atoms with Crippen LogP contribution in [-0.2, 0) is 21.5 Å². The second kappa shape index (κ2) is 14.9. The molecule has 0 radical (unpaired) electrons. The number of amides is 1. The van der Waals surface area contributed by atoms with Crippen LogP contribution >= 0.6 is 0 Å². The molecule has 0 saturated heterocycles. The Bertz CT molecular complexity index is 1720. The minimum Gasteiger partial charge on any atom is -0.493 e. The number of carbonyl (C=O) groups is 2. The maximum atomic E-state index is 12.6. The molecule has 2 aromatic carbocycles. The molecule has 1 aromatic heterocycles. The molecule has 1 atom stereocenters. The van der Waals surface area contributed by atoms with E-state index in [1.54, 1.807) is 26.8 Å². The van der Waals surface area contributed by atoms with Crippen molar-refractivity contribution in [2.24, 2.45) is 5.92 Å². The first kappa shape index (κ1) is 35.7. The lowest BCUT2D eigenvalue weighted by atomic mass is 9.81. The fourth-order valence-electron chi connectivity index (χ4n) is 6.96. The Morgan fingerprint density at radius 1 is 1.04 bits per heavy atom. The monoisotopic (exact) mass is 682 g/mol. The number of hydrogen-bond acceptors (Lipinski definition) is 7. The van der Waals surface area contributed by atoms with E-state index in [0.717, 1.165) is 58.0 Å². The van der Waals surface area contributed by atoms with Gasteiger partial charge in [0, 0.05) is 42.5 Å². The fourth-order valence-corrected chi connectivity index (χ4v) is 7.73. The van der Waals surface area contributed by atoms with Gasteiger partial charge in [0.15, 0.2) is 0 Å². The minimum absolute atomic E-state index is 0.156. The summed E-state index contributed by atoms with van der Waals surface area (Å²) >= 11 is 0. The van der Waals surface area contributed by atoms with Crippen LogP contribution < -0.4 is 9.46 Å². The van der Waals surface area contributed by atoms with Crippen LogP contribution in [0.15, 0.2) is 42.5 Å². The Morgan fingerprint density at radius 2 is 1.77 bits per heavy atom. The van der Waals surface area contributed by atoms with Crippen molar-refractivity contribution in [3.63, 3.8) is 0 Å². The van der Waals surface area contributed by atoms with Crippen molar-refractivity contribution < 1.29 is 32.6 Å². The summed E-state index contributed by atoms with van der Waals surface area (Å²) in [5.74, 6) is 0.480. The molecule has 1 fully saturated rings. The Labute approximate surface area is 284 Å². The summed E-state index contributed by atoms with van der Waals surface area (Å²) in [6.45, 7) is 7.90. The lowest BCUT2D eigenvalue weighted by Gasteiger charge is -2.29. The van der Waals surface area contributed by atoms with Gasteiger partial charge in [-0.05, 0) is 102 Å². The summed E-state index contributed by atoms with van der Waals surface area (Å²) in [6.07, 6.45) is 6.29. The van der Waals surface area contributed by atoms with Gasteiger partial charge >= 0.3 is 22.3 Å². The van der Waals surface area contributed by atoms with Crippen molar-refractivity contribution in [3.8, 4) is 17.0 Å². The predicted molar refractivity (Wildman–Crippen MR) is 187 cm³/mol. The van der Waals surface area contributed by atoms with E-state index in [2.05, 4.69) is 15.5 Å². The summed E-state index contributed by atoms with van der Waals surface area (Å²) in [5.41, 5.74) is 3.97. The van der Waals surface area contributed by atoms with Gasteiger partial charge in [0.1, 0.15) is 11.4 Å². The normalized spacial score (nSPS) is 17.4. The van der Waals surface area contributed by atoms with E-state index in [4.69, 9.17) is 9.47 Å². The van der Waals surface area contributed by atoms with Gasteiger partial charge < -0.3 is 24.0 Å². The lowest BCUT2D eigenvalue weighted by molar-refractivity contribution is 0.0566. The number of nitrogens with zero attached hydrogens (tertiary/aromatic N) is 3. The van der Waals surface area contributed by atoms with E-state index in [1.807, 2.05) is 42.1 Å². The fraction of sp³-hybridized carbons (Fsp3) is 0.556. The molecule has 0 bridgehead atoms. The highest BCUT2D eigenvalue weighted by Crippen LogP contribution is 2.47. The van der Waals surface area contributed by atoms with Crippen molar-refractivity contribution in [1.29, 1.82) is 0 Å². The van der Waals surface area contributed by atoms with E-state index in [1.165, 1.54) is 31.9 Å². The first-order valence-corrected chi connectivity index (χ1v) is 18.4. The molecule has 262 valence electrons. The van der Waals surface area contributed by atoms with Gasteiger partial charge in [-0.1, -0.05) is 37.5 Å². The number of benzene rings is 2. The molecular formula is C36H50N4O7S. The van der Waals surface area contributed by atoms with E-state index in [0.29, 0.717) is 32.0 Å². The Morgan fingerprint density at radius 3 is 2.48 bits per heavy atom. The van der Waals surface area contributed by atoms with Crippen LogP contribution in [0.2, 0.25) is 0 Å². The average Bonchev–Trinajstić information content (AvgIpc) is 3.32. The molecule has 1 aliphatic carbocycles. The highest BCUT2D eigenvalue weighted by molar-refractivity contribution is 7.87. The van der Waals surface area contributed by atoms with E-state index < -0.39 is 27.9 Å². The van der Waals surface area contributed by atoms with Crippen molar-refractivity contribution in [2.75, 3.05) is 40.3 Å². The first-order chi connectivity index (χ1) is 22.7. The summed E-state index contributed by atoms with van der Waals surface area (Å²) in [5, 5.41) is 11.0. The molecule has 12 heteroatoms. The third-order valence-corrected chi connectivity index (χ3v) is 10.8. The highest BCUT2D eigenvalue weighted by atomic mass is 32.2. The minimum atomic E-state index is -4.02. The summed E-state index contributed by atoms with van der Waals surface area (Å²) in [6, 6.07) is 13.8. The molecule has 2 heterocycles. The molecule has 5 rings (SSSR count). The zero-order valence-electron chi connectivity index (χ0n) is 28.8. The summed E-state index contributed by atoms with van der Waals surface area (Å²) < 4.78 is 42.2. The zero-order chi connectivity index (χ0) is 34.6. The third kappa shape index (κ3) is 8.51. The second-order valence-electron chi connectivity index (χ2n) is 14.3. The number of ether oxygens (including phenoxy) is 2. The molecule has 1 amide bonds. The quantitative estimate of drug-likeness (QED) is 0.235. The van der Waals surface area contributed by atoms with Crippen molar-refractivity contribution in [3.05, 3.63) is 53.6 Å². The smallest absolute Gasteiger partial charge is 0.422 e. The summed E-state index contributed by atoms with van der Waals surface area (Å²) in [7, 11) is -0.564. The topological polar surface area (TPSA) is 130 Å². The van der Waals surface area contributed by atoms with E-state index in [9.17, 15) is 23.1 Å². The molecule has 2 aliphatic rings. The third-order valence-electron chi connectivity index (χ3n) is 9.38. The molecule has 0 spiro atoms. The number of nitrogens with one attached hydrogen (secondary N) is 1. The predicted octanol–water partition coefficient (Wildman–Crippen LogP) is 6.48. The second-order valence-corrected chi connectivity index (χ2v) is 16.1. The van der Waals surface area contributed by atoms with Crippen LogP contribution in [0, 0.1) is 5.92 Å². The van der Waals surface area contributed by atoms with Gasteiger partial charge in [-0.3, -0.25) is 0 Å². The number of aromatic carboxylic acids is 1. The van der Waals surface area contributed by atoms with Gasteiger partial charge in [-0.25, -0.2) is 14.3 Å². The standard InChI is InChI=1S/C36H50N4O7S/c1-36(2,3)47-35(43)37-48(44,45)39(5)20-11-19-38(4)21-18-25-23-40-30-22-27(34(41)42)16-17-28(30)32(26-12-7-6-8-13-26)33(40)29-14-9-10-15-31(29)46-24-25/h9-10,14-17,22,25-26H,6-8,11-13,18-21,23-24H2,1-5H3,(H,37,43)(H,41,42)/t25-/m0/s1. The van der Waals surface area contributed by atoms with Crippen LogP contribution in [0.1, 0.15) is 87.6 Å². The molecule has 11 nitrogen and oxygen atoms in total. The zero-order valence-corrected chi connectivity index (χ0v) is 29.6. The Balaban J connectivity index is 1.31. The molecule has 48 heavy (non-hydrogen) atoms. The van der Waals surface area contributed by atoms with Crippen molar-refractivity contribution >= 4 is 33.2 Å². The first-order valence-electron chi connectivity index (χ1n) is 17.0. The molecule has 0 unspecified atom stereocenters. The van der Waals surface area contributed by atoms with Gasteiger partial charge in [0.2, 0.25) is 0 Å². The van der Waals surface area contributed by atoms with Crippen LogP contribution in [0.25, 0.3) is 22.2 Å². The molecule has 3 aromatic rings. The Kier molecular flexibility index (Phi) is 11.1. The number of hydrogen-bond donors (Lipinski definition) is 2. The van der Waals surface area contributed by atoms with Crippen LogP contribution in [-0.4, -0.2) is 85.3 Å². The van der Waals surface area contributed by atoms with E-state index >= 15 is 0 Å². The SMILES string of the molecule is CN(CCCN(C)S(=O)(=O)NC(=O)OC(C)(C)C)CC[C@@H]1COc2ccccc2-c2c(C3CCCCC3)c3ccc(C(=O)O)cc3n2C1. The van der Waals surface area contributed by atoms with Crippen molar-refractivity contribution in [1.82, 2.24) is 18.5 Å². The van der Waals surface area contributed by atoms with E-state index in [-0.39, 0.29) is 18.0 Å². The number of carboxylic acid groups (broad SMARTS) is 1. The number of carbonyl (C=O) groups excluding carboxylic acids is 1. The highest BCUT2D eigenvalue weighted by Gasteiger charge is 2.31. The average molecular weight is 683 g/mol. The van der Waals surface area contributed by atoms with Crippen LogP contribution in [0.4, 0.5) is 4.79 Å². The lowest BCUT2D eigenvalue weighted by Crippen LogP contribution is -2.44. The molecule has 1 aliphatic heterocycles. The number of fused-ring (bicyclic) bond motifs is 5. The Hall–Kier alpha value is -3.61. The number of aromatic nitrogens is 1. The van der Waals surface area contributed by atoms with Gasteiger partial charge in [-0.2, -0.15) is 12.7 Å². The van der Waals surface area contributed by atoms with Crippen molar-refractivity contribution in [2.45, 2.75) is 83.8 Å². The molecule has 1 saturated carbocycles. The molecule has 2 N–H and O–H groups in total. The van der Waals surface area contributed by atoms with Gasteiger partial charge in [0.05, 0.1) is 17.9 Å². The number of rotatable bonds is 11. The molecular weight excluding hydrogens is 632 g/mol. The largest absolute Gasteiger partial charge is 0.493 e. The number of carboxylic acids is 1. The van der Waals surface area contributed by atoms with Crippen LogP contribution in [0.5, 0.6) is 5.75 Å². The number of para-hydroxylation sites is 1. The van der Waals surface area contributed by atoms with Gasteiger partial charge in [-0.15, -0.1) is 0 Å². The summed E-state index contributed by atoms with van der Waals surface area (Å²) in [4.78, 5) is 26.3. The van der Waals surface area contributed by atoms with Gasteiger partial charge in [0.25, 0.3) is 0 Å². The maximum Gasteiger partial charge on any atom is 0.422 e. The maximum absolute atomic E-state index is 12.6. The van der Waals surface area contributed by atoms with Crippen LogP contribution in [0.3, 0.4) is 0 Å².